The second-order valence-electron chi connectivity index (χ2n) is 6.01. The molecule has 7 nitrogen and oxygen atoms in total. The number of nitrogens with zero attached hydrogens (tertiary/aromatic N) is 5. The molecular formula is C16H20N5O2+. The van der Waals surface area contributed by atoms with Crippen molar-refractivity contribution in [1.82, 2.24) is 19.6 Å². The molecule has 2 aliphatic heterocycles. The molecule has 0 aromatic carbocycles. The van der Waals surface area contributed by atoms with Crippen molar-refractivity contribution in [3.05, 3.63) is 35.0 Å². The average Bonchev–Trinajstić information content (AvgIpc) is 3.28. The van der Waals surface area contributed by atoms with Crippen LogP contribution >= 0.6 is 0 Å². The normalized spacial score (nSPS) is 17.9. The fourth-order valence-electron chi connectivity index (χ4n) is 3.22. The third-order valence-corrected chi connectivity index (χ3v) is 4.42. The highest BCUT2D eigenvalue weighted by Gasteiger charge is 2.31. The molecule has 4 rings (SSSR count). The van der Waals surface area contributed by atoms with Crippen LogP contribution in [0.1, 0.15) is 25.7 Å². The van der Waals surface area contributed by atoms with Crippen molar-refractivity contribution in [1.29, 1.82) is 0 Å². The molecule has 120 valence electrons. The second-order valence-corrected chi connectivity index (χ2v) is 6.01. The Kier molecular flexibility index (Phi) is 3.69. The molecule has 2 fully saturated rings. The van der Waals surface area contributed by atoms with E-state index in [1.54, 1.807) is 18.3 Å². The molecule has 0 atom stereocenters. The van der Waals surface area contributed by atoms with Gasteiger partial charge in [-0.15, -0.1) is 4.73 Å². The van der Waals surface area contributed by atoms with E-state index in [2.05, 4.69) is 19.4 Å². The quantitative estimate of drug-likeness (QED) is 0.566. The molecule has 0 N–H and O–H groups in total. The lowest BCUT2D eigenvalue weighted by atomic mass is 10.4. The third kappa shape index (κ3) is 2.67. The Labute approximate surface area is 133 Å². The summed E-state index contributed by atoms with van der Waals surface area (Å²) >= 11 is 0. The summed E-state index contributed by atoms with van der Waals surface area (Å²) in [6.45, 7) is 3.89. The Hall–Kier alpha value is -2.44. The van der Waals surface area contributed by atoms with Gasteiger partial charge in [0, 0.05) is 6.20 Å². The maximum Gasteiger partial charge on any atom is 0.471 e. The molecule has 0 saturated carbocycles. The van der Waals surface area contributed by atoms with Crippen molar-refractivity contribution in [3.8, 4) is 0 Å². The van der Waals surface area contributed by atoms with Gasteiger partial charge in [0.25, 0.3) is 0 Å². The first-order valence-corrected chi connectivity index (χ1v) is 8.20. The van der Waals surface area contributed by atoms with Crippen LogP contribution < -0.4 is 10.4 Å². The highest BCUT2D eigenvalue weighted by Crippen LogP contribution is 2.11. The summed E-state index contributed by atoms with van der Waals surface area (Å²) in [4.78, 5) is 29.2. The van der Waals surface area contributed by atoms with Crippen LogP contribution in [0.15, 0.2) is 29.5 Å². The lowest BCUT2D eigenvalue weighted by Crippen LogP contribution is -2.45. The number of hydrogen-bond donors (Lipinski definition) is 0. The standard InChI is InChI=1S/C16H20N5O2/c22-15-14-13(6-5-7-17-14)18-12-21(15)23-16(19-8-1-2-9-19)20-10-3-4-11-20/h5-7,12H,1-4,8-11H2/q+1. The van der Waals surface area contributed by atoms with Crippen molar-refractivity contribution in [2.24, 2.45) is 0 Å². The van der Waals surface area contributed by atoms with Crippen LogP contribution in [-0.4, -0.2) is 56.4 Å². The van der Waals surface area contributed by atoms with Crippen molar-refractivity contribution in [2.75, 3.05) is 26.2 Å². The molecule has 23 heavy (non-hydrogen) atoms. The van der Waals surface area contributed by atoms with Crippen LogP contribution in [0.2, 0.25) is 0 Å². The smallest absolute Gasteiger partial charge is 0.294 e. The maximum atomic E-state index is 12.6. The lowest BCUT2D eigenvalue weighted by molar-refractivity contribution is -0.520. The van der Waals surface area contributed by atoms with Crippen LogP contribution in [0, 0.1) is 0 Å². The summed E-state index contributed by atoms with van der Waals surface area (Å²) in [5, 5.41) is 0. The number of aromatic nitrogens is 3. The zero-order chi connectivity index (χ0) is 15.6. The Morgan fingerprint density at radius 2 is 1.91 bits per heavy atom. The molecule has 0 spiro atoms. The van der Waals surface area contributed by atoms with Gasteiger partial charge in [0.1, 0.15) is 6.33 Å². The van der Waals surface area contributed by atoms with E-state index in [0.29, 0.717) is 11.0 Å². The Balaban J connectivity index is 1.73. The van der Waals surface area contributed by atoms with Gasteiger partial charge in [-0.3, -0.25) is 9.63 Å². The van der Waals surface area contributed by atoms with Crippen molar-refractivity contribution >= 4 is 17.1 Å². The van der Waals surface area contributed by atoms with Crippen molar-refractivity contribution < 1.29 is 9.41 Å². The fourth-order valence-corrected chi connectivity index (χ4v) is 3.22. The number of hydrogen-bond acceptors (Lipinski definition) is 4. The molecule has 2 saturated heterocycles. The zero-order valence-electron chi connectivity index (χ0n) is 13.0. The van der Waals surface area contributed by atoms with E-state index < -0.39 is 0 Å². The predicted molar refractivity (Wildman–Crippen MR) is 85.4 cm³/mol. The molecular weight excluding hydrogens is 294 g/mol. The highest BCUT2D eigenvalue weighted by molar-refractivity contribution is 5.72. The van der Waals surface area contributed by atoms with Gasteiger partial charge in [0.05, 0.1) is 31.7 Å². The summed E-state index contributed by atoms with van der Waals surface area (Å²) in [5.74, 6) is 0. The average molecular weight is 314 g/mol. The number of amidine groups is 1. The van der Waals surface area contributed by atoms with E-state index in [9.17, 15) is 4.79 Å². The molecule has 7 heteroatoms. The van der Waals surface area contributed by atoms with Crippen LogP contribution in [0.3, 0.4) is 0 Å². The van der Waals surface area contributed by atoms with E-state index in [1.807, 2.05) is 0 Å². The first kappa shape index (κ1) is 14.2. The molecule has 4 heterocycles. The Morgan fingerprint density at radius 1 is 1.13 bits per heavy atom. The summed E-state index contributed by atoms with van der Waals surface area (Å²) in [7, 11) is 0. The second kappa shape index (κ2) is 5.98. The Bertz CT molecular complexity index is 799. The minimum Gasteiger partial charge on any atom is -0.294 e. The van der Waals surface area contributed by atoms with Crippen LogP contribution in [0.25, 0.3) is 11.0 Å². The van der Waals surface area contributed by atoms with Gasteiger partial charge < -0.3 is 0 Å². The van der Waals surface area contributed by atoms with Gasteiger partial charge in [-0.05, 0) is 37.8 Å². The minimum absolute atomic E-state index is 0.272. The van der Waals surface area contributed by atoms with Gasteiger partial charge in [-0.2, -0.15) is 0 Å². The van der Waals surface area contributed by atoms with Crippen molar-refractivity contribution in [3.63, 3.8) is 0 Å². The molecule has 0 radical (unpaired) electrons. The van der Waals surface area contributed by atoms with E-state index in [1.165, 1.54) is 11.1 Å². The Morgan fingerprint density at radius 3 is 2.70 bits per heavy atom. The third-order valence-electron chi connectivity index (χ3n) is 4.42. The molecule has 2 aromatic heterocycles. The molecule has 0 bridgehead atoms. The number of pyridine rings is 1. The van der Waals surface area contributed by atoms with E-state index in [0.717, 1.165) is 57.9 Å². The van der Waals surface area contributed by atoms with Gasteiger partial charge in [-0.1, -0.05) is 0 Å². The zero-order valence-corrected chi connectivity index (χ0v) is 13.0. The summed E-state index contributed by atoms with van der Waals surface area (Å²) in [6, 6.07) is 4.32. The molecule has 2 aliphatic rings. The van der Waals surface area contributed by atoms with E-state index in [4.69, 9.17) is 4.84 Å². The minimum atomic E-state index is -0.272. The largest absolute Gasteiger partial charge is 0.471 e. The summed E-state index contributed by atoms with van der Waals surface area (Å²) < 4.78 is 3.43. The van der Waals surface area contributed by atoms with Crippen LogP contribution in [-0.2, 0) is 0 Å². The topological polar surface area (TPSA) is 63.3 Å². The monoisotopic (exact) mass is 314 g/mol. The first-order valence-electron chi connectivity index (χ1n) is 8.20. The summed E-state index contributed by atoms with van der Waals surface area (Å²) in [5.41, 5.74) is 0.643. The van der Waals surface area contributed by atoms with Crippen LogP contribution in [0.4, 0.5) is 0 Å². The maximum absolute atomic E-state index is 12.6. The van der Waals surface area contributed by atoms with Gasteiger partial charge >= 0.3 is 11.6 Å². The fraction of sp³-hybridized carbons (Fsp3) is 0.500. The number of rotatable bonds is 1. The number of likely N-dealkylation sites (tertiary alicyclic amines) is 1. The summed E-state index contributed by atoms with van der Waals surface area (Å²) in [6.07, 6.45) is 7.68. The first-order chi connectivity index (χ1) is 11.3. The molecule has 0 unspecified atom stereocenters. The highest BCUT2D eigenvalue weighted by atomic mass is 16.7. The molecule has 0 aliphatic carbocycles. The molecule has 0 amide bonds. The van der Waals surface area contributed by atoms with Crippen LogP contribution in [0.5, 0.6) is 0 Å². The lowest BCUT2D eigenvalue weighted by Gasteiger charge is -2.16. The predicted octanol–water partition coefficient (Wildman–Crippen LogP) is 0.478. The van der Waals surface area contributed by atoms with Gasteiger partial charge in [0.15, 0.2) is 5.52 Å². The SMILES string of the molecule is O=c1c2ncccc2ncn1OC(N1CCCC1)=[N+]1CCCC1. The number of fused-ring (bicyclic) bond motifs is 1. The van der Waals surface area contributed by atoms with Crippen molar-refractivity contribution in [2.45, 2.75) is 25.7 Å². The van der Waals surface area contributed by atoms with E-state index >= 15 is 0 Å². The molecule has 2 aromatic rings. The van der Waals surface area contributed by atoms with E-state index in [-0.39, 0.29) is 5.56 Å². The van der Waals surface area contributed by atoms with Gasteiger partial charge in [-0.25, -0.2) is 19.4 Å². The van der Waals surface area contributed by atoms with Gasteiger partial charge in [0.2, 0.25) is 0 Å².